The second-order valence-corrected chi connectivity index (χ2v) is 15.6. The molecule has 0 amide bonds. The summed E-state index contributed by atoms with van der Waals surface area (Å²) in [6, 6.07) is 17.5. The van der Waals surface area contributed by atoms with Gasteiger partial charge in [-0.1, -0.05) is 56.0 Å². The third-order valence-electron chi connectivity index (χ3n) is 5.69. The van der Waals surface area contributed by atoms with Crippen LogP contribution in [0.3, 0.4) is 0 Å². The molecule has 200 valence electrons. The van der Waals surface area contributed by atoms with Crippen LogP contribution >= 0.6 is 0 Å². The van der Waals surface area contributed by atoms with E-state index in [2.05, 4.69) is 19.6 Å². The maximum atomic E-state index is 12.8. The molecule has 9 nitrogen and oxygen atoms in total. The SMILES string of the molecule is CC(=O)O[C@@H]1[C@H](O)[C@@H](OC(=O)c2ccccc2)[C@H](OCC[Si](C)(C)C)O[C@@H]1COC(=O)c1ccccc1. The van der Waals surface area contributed by atoms with Crippen LogP contribution in [0.4, 0.5) is 0 Å². The predicted octanol–water partition coefficient (Wildman–Crippen LogP) is 3.44. The first-order chi connectivity index (χ1) is 17.5. The maximum Gasteiger partial charge on any atom is 0.338 e. The highest BCUT2D eigenvalue weighted by molar-refractivity contribution is 6.76. The summed E-state index contributed by atoms with van der Waals surface area (Å²) in [7, 11) is -1.47. The molecule has 0 aliphatic carbocycles. The summed E-state index contributed by atoms with van der Waals surface area (Å²) in [5.74, 6) is -1.98. The molecule has 2 aromatic carbocycles. The first kappa shape index (κ1) is 28.5. The van der Waals surface area contributed by atoms with Crippen molar-refractivity contribution in [1.82, 2.24) is 0 Å². The van der Waals surface area contributed by atoms with Crippen LogP contribution in [0.5, 0.6) is 0 Å². The molecule has 1 heterocycles. The van der Waals surface area contributed by atoms with Gasteiger partial charge in [-0.25, -0.2) is 9.59 Å². The van der Waals surface area contributed by atoms with Gasteiger partial charge in [-0.05, 0) is 30.3 Å². The molecule has 0 spiro atoms. The Balaban J connectivity index is 1.80. The zero-order chi connectivity index (χ0) is 27.0. The summed E-state index contributed by atoms with van der Waals surface area (Å²) < 4.78 is 28.3. The van der Waals surface area contributed by atoms with E-state index < -0.39 is 56.7 Å². The Morgan fingerprint density at radius 2 is 1.43 bits per heavy atom. The molecule has 0 aromatic heterocycles. The zero-order valence-corrected chi connectivity index (χ0v) is 22.5. The number of aliphatic hydroxyl groups is 1. The Bertz CT molecular complexity index is 1040. The molecule has 1 aliphatic heterocycles. The van der Waals surface area contributed by atoms with Crippen molar-refractivity contribution in [3.8, 4) is 0 Å². The van der Waals surface area contributed by atoms with Gasteiger partial charge < -0.3 is 28.8 Å². The molecule has 37 heavy (non-hydrogen) atoms. The highest BCUT2D eigenvalue weighted by Crippen LogP contribution is 2.29. The van der Waals surface area contributed by atoms with E-state index in [0.717, 1.165) is 6.04 Å². The summed E-state index contributed by atoms with van der Waals surface area (Å²) in [6.45, 7) is 7.71. The normalized spacial score (nSPS) is 23.6. The first-order valence-corrected chi connectivity index (χ1v) is 15.9. The van der Waals surface area contributed by atoms with E-state index in [1.807, 2.05) is 0 Å². The molecule has 1 aliphatic rings. The zero-order valence-electron chi connectivity index (χ0n) is 21.5. The second-order valence-electron chi connectivity index (χ2n) is 9.99. The Labute approximate surface area is 217 Å². The number of aliphatic hydroxyl groups excluding tert-OH is 1. The van der Waals surface area contributed by atoms with Gasteiger partial charge in [-0.2, -0.15) is 0 Å². The molecular formula is C27H34O9Si. The molecule has 0 unspecified atom stereocenters. The third kappa shape index (κ3) is 8.49. The summed E-state index contributed by atoms with van der Waals surface area (Å²) in [5, 5.41) is 11.2. The van der Waals surface area contributed by atoms with Crippen molar-refractivity contribution < 1.29 is 43.2 Å². The van der Waals surface area contributed by atoms with Crippen molar-refractivity contribution in [2.45, 2.75) is 63.3 Å². The summed E-state index contributed by atoms with van der Waals surface area (Å²) in [4.78, 5) is 37.1. The minimum atomic E-state index is -1.50. The van der Waals surface area contributed by atoms with Crippen LogP contribution in [0.25, 0.3) is 0 Å². The predicted molar refractivity (Wildman–Crippen MR) is 137 cm³/mol. The molecule has 1 saturated heterocycles. The van der Waals surface area contributed by atoms with E-state index in [0.29, 0.717) is 12.2 Å². The number of rotatable bonds is 10. The van der Waals surface area contributed by atoms with E-state index in [9.17, 15) is 19.5 Å². The van der Waals surface area contributed by atoms with Crippen LogP contribution in [0, 0.1) is 0 Å². The van der Waals surface area contributed by atoms with Gasteiger partial charge in [-0.3, -0.25) is 4.79 Å². The Morgan fingerprint density at radius 1 is 0.865 bits per heavy atom. The van der Waals surface area contributed by atoms with Gasteiger partial charge in [-0.15, -0.1) is 0 Å². The molecule has 0 radical (unpaired) electrons. The molecule has 5 atom stereocenters. The number of ether oxygens (including phenoxy) is 5. The van der Waals surface area contributed by atoms with Gasteiger partial charge in [0.2, 0.25) is 0 Å². The Hall–Kier alpha value is -3.05. The summed E-state index contributed by atoms with van der Waals surface area (Å²) in [5.41, 5.74) is 0.610. The van der Waals surface area contributed by atoms with E-state index in [1.165, 1.54) is 6.92 Å². The molecular weight excluding hydrogens is 496 g/mol. The van der Waals surface area contributed by atoms with Crippen molar-refractivity contribution in [3.63, 3.8) is 0 Å². The average molecular weight is 531 g/mol. The monoisotopic (exact) mass is 530 g/mol. The van der Waals surface area contributed by atoms with Gasteiger partial charge in [0.1, 0.15) is 18.8 Å². The average Bonchev–Trinajstić information content (AvgIpc) is 2.86. The second kappa shape index (κ2) is 13.0. The first-order valence-electron chi connectivity index (χ1n) is 12.2. The van der Waals surface area contributed by atoms with Crippen molar-refractivity contribution in [2.75, 3.05) is 13.2 Å². The lowest BCUT2D eigenvalue weighted by Crippen LogP contribution is -2.62. The maximum absolute atomic E-state index is 12.8. The fourth-order valence-electron chi connectivity index (χ4n) is 3.69. The van der Waals surface area contributed by atoms with Crippen molar-refractivity contribution in [2.24, 2.45) is 0 Å². The van der Waals surface area contributed by atoms with Crippen LogP contribution < -0.4 is 0 Å². The Kier molecular flexibility index (Phi) is 9.98. The molecule has 10 heteroatoms. The van der Waals surface area contributed by atoms with Gasteiger partial charge >= 0.3 is 17.9 Å². The van der Waals surface area contributed by atoms with Crippen LogP contribution in [0.1, 0.15) is 27.6 Å². The number of hydrogen-bond donors (Lipinski definition) is 1. The van der Waals surface area contributed by atoms with E-state index >= 15 is 0 Å². The minimum absolute atomic E-state index is 0.276. The van der Waals surface area contributed by atoms with Crippen molar-refractivity contribution in [3.05, 3.63) is 71.8 Å². The van der Waals surface area contributed by atoms with Crippen LogP contribution in [-0.4, -0.2) is 75.0 Å². The number of esters is 3. The van der Waals surface area contributed by atoms with E-state index in [4.69, 9.17) is 23.7 Å². The molecule has 0 bridgehead atoms. The number of benzene rings is 2. The molecule has 1 N–H and O–H groups in total. The quantitative estimate of drug-likeness (QED) is 0.280. The highest BCUT2D eigenvalue weighted by atomic mass is 28.3. The fourth-order valence-corrected chi connectivity index (χ4v) is 4.42. The van der Waals surface area contributed by atoms with Gasteiger partial charge in [0.25, 0.3) is 0 Å². The molecule has 1 fully saturated rings. The minimum Gasteiger partial charge on any atom is -0.459 e. The lowest BCUT2D eigenvalue weighted by atomic mass is 9.98. The summed E-state index contributed by atoms with van der Waals surface area (Å²) in [6.07, 6.45) is -6.30. The number of hydrogen-bond acceptors (Lipinski definition) is 9. The smallest absolute Gasteiger partial charge is 0.338 e. The van der Waals surface area contributed by atoms with Crippen LogP contribution in [0.2, 0.25) is 25.7 Å². The topological polar surface area (TPSA) is 118 Å². The fraction of sp³-hybridized carbons (Fsp3) is 0.444. The van der Waals surface area contributed by atoms with Crippen LogP contribution in [0.15, 0.2) is 60.7 Å². The van der Waals surface area contributed by atoms with Crippen molar-refractivity contribution >= 4 is 26.0 Å². The lowest BCUT2D eigenvalue weighted by Gasteiger charge is -2.43. The summed E-state index contributed by atoms with van der Waals surface area (Å²) >= 11 is 0. The largest absolute Gasteiger partial charge is 0.459 e. The third-order valence-corrected chi connectivity index (χ3v) is 7.40. The van der Waals surface area contributed by atoms with Crippen molar-refractivity contribution in [1.29, 1.82) is 0 Å². The van der Waals surface area contributed by atoms with Gasteiger partial charge in [0, 0.05) is 21.6 Å². The molecule has 2 aromatic rings. The molecule has 3 rings (SSSR count). The van der Waals surface area contributed by atoms with E-state index in [1.54, 1.807) is 60.7 Å². The lowest BCUT2D eigenvalue weighted by molar-refractivity contribution is -0.301. The van der Waals surface area contributed by atoms with Crippen LogP contribution in [-0.2, 0) is 28.5 Å². The highest BCUT2D eigenvalue weighted by Gasteiger charge is 2.50. The Morgan fingerprint density at radius 3 is 1.97 bits per heavy atom. The standard InChI is InChI=1S/C27H34O9Si/c1-18(28)34-23-21(17-33-25(30)19-11-7-5-8-12-19)35-27(32-15-16-37(2,3)4)24(22(23)29)36-26(31)20-13-9-6-10-14-20/h5-14,21-24,27,29H,15-17H2,1-4H3/t21-,22+,23+,24-,27-/m1/s1. The van der Waals surface area contributed by atoms with Gasteiger partial charge in [0.15, 0.2) is 18.5 Å². The van der Waals surface area contributed by atoms with Gasteiger partial charge in [0.05, 0.1) is 11.1 Å². The number of carbonyl (C=O) groups is 3. The van der Waals surface area contributed by atoms with E-state index in [-0.39, 0.29) is 12.2 Å². The number of carbonyl (C=O) groups excluding carboxylic acids is 3. The molecule has 0 saturated carbocycles.